The van der Waals surface area contributed by atoms with Gasteiger partial charge in [0.15, 0.2) is 5.13 Å². The number of anilines is 1. The lowest BCUT2D eigenvalue weighted by molar-refractivity contribution is 0.513. The van der Waals surface area contributed by atoms with E-state index >= 15 is 0 Å². The molecule has 0 aliphatic carbocycles. The highest BCUT2D eigenvalue weighted by Gasteiger charge is 2.13. The van der Waals surface area contributed by atoms with Crippen LogP contribution in [0.3, 0.4) is 0 Å². The van der Waals surface area contributed by atoms with Crippen LogP contribution in [0, 0.1) is 12.8 Å². The maximum atomic E-state index is 5.75. The van der Waals surface area contributed by atoms with Crippen LogP contribution < -0.4 is 5.32 Å². The SMILES string of the molecule is Cc1csc(NC(CCCl)C(C)C)n1. The average molecular weight is 233 g/mol. The van der Waals surface area contributed by atoms with Gasteiger partial charge in [-0.05, 0) is 19.3 Å². The van der Waals surface area contributed by atoms with E-state index in [-0.39, 0.29) is 0 Å². The van der Waals surface area contributed by atoms with Crippen LogP contribution in [0.15, 0.2) is 5.38 Å². The summed E-state index contributed by atoms with van der Waals surface area (Å²) >= 11 is 7.41. The van der Waals surface area contributed by atoms with Gasteiger partial charge in [0.1, 0.15) is 0 Å². The number of halogens is 1. The summed E-state index contributed by atoms with van der Waals surface area (Å²) in [4.78, 5) is 4.38. The third-order valence-electron chi connectivity index (χ3n) is 2.15. The van der Waals surface area contributed by atoms with Gasteiger partial charge >= 0.3 is 0 Å². The minimum absolute atomic E-state index is 0.429. The van der Waals surface area contributed by atoms with Crippen LogP contribution in [0.25, 0.3) is 0 Å². The number of aryl methyl sites for hydroxylation is 1. The molecule has 0 amide bonds. The summed E-state index contributed by atoms with van der Waals surface area (Å²) in [5.41, 5.74) is 1.07. The van der Waals surface area contributed by atoms with Crippen LogP contribution in [0.4, 0.5) is 5.13 Å². The highest BCUT2D eigenvalue weighted by atomic mass is 35.5. The zero-order valence-corrected chi connectivity index (χ0v) is 10.5. The van der Waals surface area contributed by atoms with E-state index in [1.165, 1.54) is 0 Å². The normalized spacial score (nSPS) is 13.2. The smallest absolute Gasteiger partial charge is 0.183 e. The van der Waals surface area contributed by atoms with E-state index in [1.54, 1.807) is 11.3 Å². The quantitative estimate of drug-likeness (QED) is 0.786. The molecule has 2 nitrogen and oxygen atoms in total. The van der Waals surface area contributed by atoms with Gasteiger partial charge in [0, 0.05) is 17.3 Å². The first-order valence-corrected chi connectivity index (χ1v) is 6.29. The Labute approximate surface area is 94.7 Å². The summed E-state index contributed by atoms with van der Waals surface area (Å²) in [5.74, 6) is 1.28. The summed E-state index contributed by atoms with van der Waals surface area (Å²) in [6.45, 7) is 6.41. The molecule has 0 bridgehead atoms. The Morgan fingerprint density at radius 3 is 2.71 bits per heavy atom. The molecule has 4 heteroatoms. The van der Waals surface area contributed by atoms with Gasteiger partial charge in [0.2, 0.25) is 0 Å². The highest BCUT2D eigenvalue weighted by Crippen LogP contribution is 2.19. The van der Waals surface area contributed by atoms with Crippen LogP contribution in [-0.2, 0) is 0 Å². The summed E-state index contributed by atoms with van der Waals surface area (Å²) < 4.78 is 0. The molecule has 0 radical (unpaired) electrons. The van der Waals surface area contributed by atoms with Gasteiger partial charge in [-0.3, -0.25) is 0 Å². The molecule has 1 aromatic rings. The van der Waals surface area contributed by atoms with E-state index in [0.717, 1.165) is 17.2 Å². The Morgan fingerprint density at radius 2 is 2.29 bits per heavy atom. The van der Waals surface area contributed by atoms with E-state index in [4.69, 9.17) is 11.6 Å². The van der Waals surface area contributed by atoms with E-state index in [9.17, 15) is 0 Å². The van der Waals surface area contributed by atoms with Crippen LogP contribution in [-0.4, -0.2) is 16.9 Å². The van der Waals surface area contributed by atoms with E-state index < -0.39 is 0 Å². The fraction of sp³-hybridized carbons (Fsp3) is 0.700. The fourth-order valence-electron chi connectivity index (χ4n) is 1.27. The predicted molar refractivity (Wildman–Crippen MR) is 64.4 cm³/mol. The number of hydrogen-bond acceptors (Lipinski definition) is 3. The zero-order chi connectivity index (χ0) is 10.6. The number of nitrogens with one attached hydrogen (secondary N) is 1. The van der Waals surface area contributed by atoms with Crippen molar-refractivity contribution in [3.63, 3.8) is 0 Å². The average Bonchev–Trinajstić information content (AvgIpc) is 2.50. The van der Waals surface area contributed by atoms with Gasteiger partial charge in [0.25, 0.3) is 0 Å². The summed E-state index contributed by atoms with van der Waals surface area (Å²) in [5, 5.41) is 6.48. The predicted octanol–water partition coefficient (Wildman–Crippen LogP) is 3.52. The summed E-state index contributed by atoms with van der Waals surface area (Å²) in [6.07, 6.45) is 0.984. The second-order valence-electron chi connectivity index (χ2n) is 3.77. The number of aromatic nitrogens is 1. The lowest BCUT2D eigenvalue weighted by atomic mass is 10.0. The summed E-state index contributed by atoms with van der Waals surface area (Å²) in [6, 6.07) is 0.429. The number of thiazole rings is 1. The van der Waals surface area contributed by atoms with Gasteiger partial charge in [0.05, 0.1) is 5.69 Å². The molecule has 0 fully saturated rings. The molecule has 14 heavy (non-hydrogen) atoms. The van der Waals surface area contributed by atoms with Gasteiger partial charge in [-0.2, -0.15) is 0 Å². The van der Waals surface area contributed by atoms with Crippen LogP contribution in [0.5, 0.6) is 0 Å². The Morgan fingerprint density at radius 1 is 1.57 bits per heavy atom. The second-order valence-corrected chi connectivity index (χ2v) is 5.00. The summed E-state index contributed by atoms with van der Waals surface area (Å²) in [7, 11) is 0. The van der Waals surface area contributed by atoms with Crippen molar-refractivity contribution in [2.75, 3.05) is 11.2 Å². The molecule has 1 heterocycles. The Hall–Kier alpha value is -0.280. The molecule has 0 spiro atoms. The molecular weight excluding hydrogens is 216 g/mol. The third-order valence-corrected chi connectivity index (χ3v) is 3.26. The lowest BCUT2D eigenvalue weighted by Gasteiger charge is -2.20. The number of nitrogens with zero attached hydrogens (tertiary/aromatic N) is 1. The molecule has 80 valence electrons. The van der Waals surface area contributed by atoms with Crippen molar-refractivity contribution in [1.82, 2.24) is 4.98 Å². The standard InChI is InChI=1S/C10H17ClN2S/c1-7(2)9(4-5-11)13-10-12-8(3)6-14-10/h6-7,9H,4-5H2,1-3H3,(H,12,13). The number of rotatable bonds is 5. The molecule has 0 aliphatic rings. The van der Waals surface area contributed by atoms with Crippen LogP contribution in [0.1, 0.15) is 26.0 Å². The van der Waals surface area contributed by atoms with Crippen molar-refractivity contribution in [3.05, 3.63) is 11.1 Å². The first-order chi connectivity index (χ1) is 6.63. The largest absolute Gasteiger partial charge is 0.358 e. The van der Waals surface area contributed by atoms with Crippen LogP contribution in [0.2, 0.25) is 0 Å². The van der Waals surface area contributed by atoms with Crippen LogP contribution >= 0.6 is 22.9 Å². The molecule has 1 N–H and O–H groups in total. The van der Waals surface area contributed by atoms with Gasteiger partial charge < -0.3 is 5.32 Å². The first kappa shape index (κ1) is 11.8. The molecule has 1 atom stereocenters. The monoisotopic (exact) mass is 232 g/mol. The minimum atomic E-state index is 0.429. The van der Waals surface area contributed by atoms with Crippen molar-refractivity contribution in [3.8, 4) is 0 Å². The molecule has 1 rings (SSSR count). The van der Waals surface area contributed by atoms with Gasteiger partial charge in [-0.15, -0.1) is 22.9 Å². The van der Waals surface area contributed by atoms with Crippen molar-refractivity contribution in [2.24, 2.45) is 5.92 Å². The number of hydrogen-bond donors (Lipinski definition) is 1. The molecule has 0 aliphatic heterocycles. The Balaban J connectivity index is 2.55. The number of alkyl halides is 1. The molecule has 0 saturated carbocycles. The second kappa shape index (κ2) is 5.56. The Bertz CT molecular complexity index is 273. The van der Waals surface area contributed by atoms with E-state index in [2.05, 4.69) is 29.5 Å². The minimum Gasteiger partial charge on any atom is -0.358 e. The zero-order valence-electron chi connectivity index (χ0n) is 8.88. The molecule has 0 saturated heterocycles. The van der Waals surface area contributed by atoms with Crippen molar-refractivity contribution >= 4 is 28.1 Å². The third kappa shape index (κ3) is 3.46. The van der Waals surface area contributed by atoms with Crippen molar-refractivity contribution in [2.45, 2.75) is 33.2 Å². The molecular formula is C10H17ClN2S. The fourth-order valence-corrected chi connectivity index (χ4v) is 2.25. The maximum Gasteiger partial charge on any atom is 0.183 e. The van der Waals surface area contributed by atoms with Gasteiger partial charge in [-0.25, -0.2) is 4.98 Å². The van der Waals surface area contributed by atoms with Crippen molar-refractivity contribution < 1.29 is 0 Å². The van der Waals surface area contributed by atoms with Crippen molar-refractivity contribution in [1.29, 1.82) is 0 Å². The van der Waals surface area contributed by atoms with Gasteiger partial charge in [-0.1, -0.05) is 13.8 Å². The van der Waals surface area contributed by atoms with E-state index in [1.807, 2.05) is 6.92 Å². The molecule has 1 unspecified atom stereocenters. The Kier molecular flexibility index (Phi) is 4.69. The highest BCUT2D eigenvalue weighted by molar-refractivity contribution is 7.13. The maximum absolute atomic E-state index is 5.75. The topological polar surface area (TPSA) is 24.9 Å². The molecule has 1 aromatic heterocycles. The molecule has 0 aromatic carbocycles. The van der Waals surface area contributed by atoms with E-state index in [0.29, 0.717) is 17.8 Å². The lowest BCUT2D eigenvalue weighted by Crippen LogP contribution is -2.26. The first-order valence-electron chi connectivity index (χ1n) is 4.88.